The Bertz CT molecular complexity index is 5520. The molecule has 86 heavy (non-hydrogen) atoms. The molecule has 0 N–H and O–H groups in total. The maximum atomic E-state index is 6.82. The molecule has 0 radical (unpaired) electrons. The minimum atomic E-state index is 0.797. The second kappa shape index (κ2) is 18.0. The lowest BCUT2D eigenvalue weighted by atomic mass is 9.99. The lowest BCUT2D eigenvalue weighted by Crippen LogP contribution is -2.10. The fraction of sp³-hybridized carbons (Fsp3) is 0. The number of nitrogens with zero attached hydrogens (tertiary/aromatic N) is 2. The molecule has 0 saturated carbocycles. The highest BCUT2D eigenvalue weighted by molar-refractivity contribution is 6.20. The van der Waals surface area contributed by atoms with E-state index in [9.17, 15) is 0 Å². The Labute approximate surface area is 492 Å². The lowest BCUT2D eigenvalue weighted by molar-refractivity contribution is 0.656. The van der Waals surface area contributed by atoms with Crippen molar-refractivity contribution < 1.29 is 8.83 Å². The summed E-state index contributed by atoms with van der Waals surface area (Å²) in [5.41, 5.74) is 9.76. The van der Waals surface area contributed by atoms with Crippen molar-refractivity contribution in [3.63, 3.8) is 0 Å². The molecule has 0 atom stereocenters. The van der Waals surface area contributed by atoms with E-state index in [1.165, 1.54) is 86.2 Å². The zero-order valence-electron chi connectivity index (χ0n) is 46.4. The largest absolute Gasteiger partial charge is 0.456 e. The van der Waals surface area contributed by atoms with Gasteiger partial charge >= 0.3 is 0 Å². The average Bonchev–Trinajstić information content (AvgIpc) is 3.08. The van der Waals surface area contributed by atoms with Crippen LogP contribution in [0.4, 0.5) is 34.1 Å². The number of furan rings is 2. The minimum absolute atomic E-state index is 0.797. The Morgan fingerprint density at radius 3 is 0.733 bits per heavy atom. The van der Waals surface area contributed by atoms with Crippen molar-refractivity contribution in [1.82, 2.24) is 0 Å². The summed E-state index contributed by atoms with van der Waals surface area (Å²) in [5.74, 6) is 0. The van der Waals surface area contributed by atoms with E-state index in [0.29, 0.717) is 0 Å². The molecule has 0 amide bonds. The third kappa shape index (κ3) is 7.23. The van der Waals surface area contributed by atoms with E-state index < -0.39 is 0 Å². The van der Waals surface area contributed by atoms with E-state index in [-0.39, 0.29) is 0 Å². The number of benzene rings is 17. The van der Waals surface area contributed by atoms with Gasteiger partial charge < -0.3 is 18.6 Å². The van der Waals surface area contributed by atoms with Gasteiger partial charge in [-0.15, -0.1) is 0 Å². The Hall–Kier alpha value is -11.5. The van der Waals surface area contributed by atoms with Gasteiger partial charge in [-0.2, -0.15) is 0 Å². The molecule has 398 valence electrons. The van der Waals surface area contributed by atoms with Crippen molar-refractivity contribution in [3.05, 3.63) is 291 Å². The topological polar surface area (TPSA) is 32.8 Å². The van der Waals surface area contributed by atoms with Crippen molar-refractivity contribution in [1.29, 1.82) is 0 Å². The van der Waals surface area contributed by atoms with Crippen LogP contribution in [0.5, 0.6) is 0 Å². The van der Waals surface area contributed by atoms with Gasteiger partial charge in [0.2, 0.25) is 0 Å². The van der Waals surface area contributed by atoms with Crippen LogP contribution < -0.4 is 9.80 Å². The number of hydrogen-bond acceptors (Lipinski definition) is 4. The quantitative estimate of drug-likeness (QED) is 0.155. The van der Waals surface area contributed by atoms with Gasteiger partial charge in [-0.3, -0.25) is 0 Å². The van der Waals surface area contributed by atoms with Crippen molar-refractivity contribution in [2.75, 3.05) is 9.80 Å². The molecule has 2 aromatic heterocycles. The highest BCUT2D eigenvalue weighted by Crippen LogP contribution is 2.46. The van der Waals surface area contributed by atoms with Gasteiger partial charge in [-0.25, -0.2) is 0 Å². The number of rotatable bonds is 6. The van der Waals surface area contributed by atoms with Crippen LogP contribution >= 0.6 is 0 Å². The first-order chi connectivity index (χ1) is 42.5. The molecule has 0 fully saturated rings. The highest BCUT2D eigenvalue weighted by Gasteiger charge is 2.21. The molecule has 2 heterocycles. The lowest BCUT2D eigenvalue weighted by Gasteiger charge is -2.27. The van der Waals surface area contributed by atoms with Crippen LogP contribution in [0.3, 0.4) is 0 Å². The SMILES string of the molecule is c1ccc2c(c1)ccc1cc(N(c3ccc4cc5c(cc4c3)oc3cc4oc6cc7cc(N(c8ccc9c(ccc%10ccccc%109)c8)c8ccc9c(ccc%10ccccc%109)c8)ccc7cc6c4cc35)c3ccc4c(ccc5ccccc54)c3)ccc12. The number of anilines is 6. The fourth-order valence-electron chi connectivity index (χ4n) is 14.2. The third-order valence-electron chi connectivity index (χ3n) is 18.4. The first-order valence-electron chi connectivity index (χ1n) is 29.5. The van der Waals surface area contributed by atoms with Gasteiger partial charge in [0.25, 0.3) is 0 Å². The normalized spacial score (nSPS) is 12.2. The molecule has 0 aliphatic carbocycles. The van der Waals surface area contributed by atoms with E-state index in [0.717, 1.165) is 99.5 Å². The fourth-order valence-corrected chi connectivity index (χ4v) is 14.2. The first-order valence-corrected chi connectivity index (χ1v) is 29.5. The monoisotopic (exact) mass is 1090 g/mol. The van der Waals surface area contributed by atoms with Crippen LogP contribution in [0.1, 0.15) is 0 Å². The molecule has 0 saturated heterocycles. The van der Waals surface area contributed by atoms with Crippen LogP contribution in [0.25, 0.3) is 152 Å². The smallest absolute Gasteiger partial charge is 0.139 e. The molecule has 0 aliphatic rings. The van der Waals surface area contributed by atoms with Crippen molar-refractivity contribution in [3.8, 4) is 0 Å². The number of fused-ring (bicyclic) bond motifs is 20. The zero-order valence-corrected chi connectivity index (χ0v) is 46.4. The standard InChI is InChI=1S/C82H48N2O2/c1-5-13-67-49(9-1)17-21-55-37-63(29-33-71(55)67)83(64-30-34-72-56(38-64)22-18-50-10-2-6-14-68(50)72)61-27-25-53-43-75-77-47-78-76-44-54-26-28-62(42-60(54)46-80(76)86-82(78)48-81(77)85-79(75)45-59(53)41-61)84(65-31-35-73-57(39-65)23-19-51-11-3-7-15-69(51)73)66-32-36-74-58(40-66)24-20-52-12-4-8-16-70(52)74/h1-48H. The summed E-state index contributed by atoms with van der Waals surface area (Å²) in [5, 5.41) is 28.5. The Morgan fingerprint density at radius 2 is 0.395 bits per heavy atom. The highest BCUT2D eigenvalue weighted by atomic mass is 16.3. The van der Waals surface area contributed by atoms with Gasteiger partial charge in [0.1, 0.15) is 22.3 Å². The molecule has 0 bridgehead atoms. The summed E-state index contributed by atoms with van der Waals surface area (Å²) in [7, 11) is 0. The summed E-state index contributed by atoms with van der Waals surface area (Å²) >= 11 is 0. The van der Waals surface area contributed by atoms with Crippen LogP contribution in [-0.2, 0) is 0 Å². The predicted octanol–water partition coefficient (Wildman–Crippen LogP) is 24.0. The zero-order chi connectivity index (χ0) is 56.1. The van der Waals surface area contributed by atoms with E-state index in [4.69, 9.17) is 8.83 Å². The third-order valence-corrected chi connectivity index (χ3v) is 18.4. The van der Waals surface area contributed by atoms with Gasteiger partial charge in [0.15, 0.2) is 0 Å². The van der Waals surface area contributed by atoms with Crippen molar-refractivity contribution in [2.45, 2.75) is 0 Å². The average molecular weight is 1090 g/mol. The molecule has 19 rings (SSSR count). The molecule has 4 heteroatoms. The summed E-state index contributed by atoms with van der Waals surface area (Å²) in [6, 6.07) is 107. The summed E-state index contributed by atoms with van der Waals surface area (Å²) < 4.78 is 13.6. The molecular weight excluding hydrogens is 1040 g/mol. The first kappa shape index (κ1) is 47.1. The minimum Gasteiger partial charge on any atom is -0.456 e. The van der Waals surface area contributed by atoms with Crippen LogP contribution in [-0.4, -0.2) is 0 Å². The van der Waals surface area contributed by atoms with Crippen LogP contribution in [0.2, 0.25) is 0 Å². The van der Waals surface area contributed by atoms with E-state index in [1.54, 1.807) is 0 Å². The van der Waals surface area contributed by atoms with E-state index in [1.807, 2.05) is 0 Å². The van der Waals surface area contributed by atoms with Crippen LogP contribution in [0, 0.1) is 0 Å². The van der Waals surface area contributed by atoms with Gasteiger partial charge in [0, 0.05) is 61.7 Å². The van der Waals surface area contributed by atoms with Crippen molar-refractivity contribution in [2.24, 2.45) is 0 Å². The molecular formula is C82H48N2O2. The molecule has 0 spiro atoms. The van der Waals surface area contributed by atoms with Gasteiger partial charge in [-0.05, 0) is 211 Å². The second-order valence-electron chi connectivity index (χ2n) is 23.2. The maximum absolute atomic E-state index is 6.82. The molecule has 4 nitrogen and oxygen atoms in total. The summed E-state index contributed by atoms with van der Waals surface area (Å²) in [6.07, 6.45) is 0. The molecule has 19 aromatic rings. The van der Waals surface area contributed by atoms with Crippen molar-refractivity contribution >= 4 is 186 Å². The van der Waals surface area contributed by atoms with E-state index in [2.05, 4.69) is 301 Å². The van der Waals surface area contributed by atoms with Gasteiger partial charge in [-0.1, -0.05) is 182 Å². The predicted molar refractivity (Wildman–Crippen MR) is 365 cm³/mol. The second-order valence-corrected chi connectivity index (χ2v) is 23.2. The molecule has 17 aromatic carbocycles. The summed E-state index contributed by atoms with van der Waals surface area (Å²) in [6.45, 7) is 0. The Kier molecular flexibility index (Phi) is 9.86. The van der Waals surface area contributed by atoms with Gasteiger partial charge in [0.05, 0.1) is 0 Å². The Morgan fingerprint density at radius 1 is 0.151 bits per heavy atom. The molecule has 0 aliphatic heterocycles. The number of hydrogen-bond donors (Lipinski definition) is 0. The van der Waals surface area contributed by atoms with Crippen LogP contribution in [0.15, 0.2) is 300 Å². The molecule has 0 unspecified atom stereocenters. The van der Waals surface area contributed by atoms with E-state index >= 15 is 0 Å². The summed E-state index contributed by atoms with van der Waals surface area (Å²) in [4.78, 5) is 4.79. The maximum Gasteiger partial charge on any atom is 0.139 e. The Balaban J connectivity index is 0.714.